The molecule has 1 heterocycles. The Morgan fingerprint density at radius 3 is 2.17 bits per heavy atom. The fourth-order valence-corrected chi connectivity index (χ4v) is 9.49. The lowest BCUT2D eigenvalue weighted by atomic mass is 9.96. The van der Waals surface area contributed by atoms with Crippen molar-refractivity contribution in [3.63, 3.8) is 0 Å². The van der Waals surface area contributed by atoms with Gasteiger partial charge in [-0.05, 0) is 86.2 Å². The molecular formula is C43H57Cl3N6O5S. The number of carbonyl (C=O) groups is 1. The van der Waals surface area contributed by atoms with E-state index in [9.17, 15) is 18.3 Å². The average molecular weight is 876 g/mol. The molecule has 3 aromatic rings. The van der Waals surface area contributed by atoms with Crippen LogP contribution in [0.2, 0.25) is 15.1 Å². The van der Waals surface area contributed by atoms with Gasteiger partial charge in [-0.3, -0.25) is 10.2 Å². The highest BCUT2D eigenvalue weighted by molar-refractivity contribution is 7.89. The van der Waals surface area contributed by atoms with Crippen LogP contribution < -0.4 is 19.9 Å². The number of hydrogen-bond acceptors (Lipinski definition) is 8. The van der Waals surface area contributed by atoms with Crippen molar-refractivity contribution in [1.82, 2.24) is 10.1 Å². The molecule has 0 aromatic heterocycles. The van der Waals surface area contributed by atoms with Crippen molar-refractivity contribution in [2.24, 2.45) is 15.2 Å². The van der Waals surface area contributed by atoms with Gasteiger partial charge in [0.1, 0.15) is 22.9 Å². The van der Waals surface area contributed by atoms with Crippen LogP contribution in [0, 0.1) is 0 Å². The molecule has 316 valence electrons. The van der Waals surface area contributed by atoms with E-state index in [2.05, 4.69) is 34.2 Å². The van der Waals surface area contributed by atoms with Crippen LogP contribution in [0.1, 0.15) is 129 Å². The molecular weight excluding hydrogens is 819 g/mol. The maximum Gasteiger partial charge on any atom is 0.280 e. The summed E-state index contributed by atoms with van der Waals surface area (Å²) in [5.74, 6) is -0.0386. The third-order valence-electron chi connectivity index (χ3n) is 10.5. The molecule has 2 aliphatic rings. The largest absolute Gasteiger partial charge is 0.508 e. The maximum absolute atomic E-state index is 14.2. The minimum atomic E-state index is -3.91. The second-order valence-electron chi connectivity index (χ2n) is 15.2. The Morgan fingerprint density at radius 2 is 1.50 bits per heavy atom. The number of sulfonamides is 1. The normalized spacial score (nSPS) is 17.1. The van der Waals surface area contributed by atoms with E-state index in [4.69, 9.17) is 44.5 Å². The Labute approximate surface area is 359 Å². The van der Waals surface area contributed by atoms with Gasteiger partial charge in [0.05, 0.1) is 27.2 Å². The van der Waals surface area contributed by atoms with Crippen LogP contribution in [0.3, 0.4) is 0 Å². The van der Waals surface area contributed by atoms with Gasteiger partial charge >= 0.3 is 0 Å². The summed E-state index contributed by atoms with van der Waals surface area (Å²) in [6.07, 6.45) is 18.8. The first-order valence-corrected chi connectivity index (χ1v) is 23.5. The first-order chi connectivity index (χ1) is 28.0. The molecule has 1 saturated carbocycles. The number of hydrazine groups is 1. The number of phenolic OH excluding ortho intramolecular Hbond substituents is 1. The van der Waals surface area contributed by atoms with Crippen molar-refractivity contribution in [1.29, 1.82) is 0 Å². The SMILES string of the molecule is CCCCCCCCCCCCOc1ccc(S(=O)(=O)NC2CCCCC2)cc1N=C1NN(c2c(Cl)cc(Cl)cc2Cl)C(=O)C1N=Nc1ccc(O)c(CCCC)c1. The summed E-state index contributed by atoms with van der Waals surface area (Å²) in [5.41, 5.74) is 4.49. The fourth-order valence-electron chi connectivity index (χ4n) is 7.18. The van der Waals surface area contributed by atoms with E-state index in [1.807, 2.05) is 0 Å². The van der Waals surface area contributed by atoms with E-state index < -0.39 is 22.0 Å². The molecule has 0 bridgehead atoms. The summed E-state index contributed by atoms with van der Waals surface area (Å²) in [4.78, 5) is 19.1. The summed E-state index contributed by atoms with van der Waals surface area (Å²) >= 11 is 19.4. The molecule has 1 aliphatic heterocycles. The summed E-state index contributed by atoms with van der Waals surface area (Å²) in [6, 6.07) is 10.9. The summed E-state index contributed by atoms with van der Waals surface area (Å²) in [7, 11) is -3.91. The van der Waals surface area contributed by atoms with Gasteiger partial charge in [0.2, 0.25) is 16.1 Å². The lowest BCUT2D eigenvalue weighted by Crippen LogP contribution is -2.36. The lowest BCUT2D eigenvalue weighted by molar-refractivity contribution is -0.117. The minimum absolute atomic E-state index is 0.0237. The predicted octanol–water partition coefficient (Wildman–Crippen LogP) is 12.3. The highest BCUT2D eigenvalue weighted by Gasteiger charge is 2.41. The number of nitrogens with zero attached hydrogens (tertiary/aromatic N) is 4. The van der Waals surface area contributed by atoms with Gasteiger partial charge in [-0.25, -0.2) is 23.1 Å². The van der Waals surface area contributed by atoms with Crippen LogP contribution in [0.15, 0.2) is 68.6 Å². The van der Waals surface area contributed by atoms with Gasteiger partial charge in [0.25, 0.3) is 5.91 Å². The van der Waals surface area contributed by atoms with Crippen LogP contribution in [-0.2, 0) is 21.2 Å². The zero-order valence-electron chi connectivity index (χ0n) is 33.6. The lowest BCUT2D eigenvalue weighted by Gasteiger charge is -2.22. The summed E-state index contributed by atoms with van der Waals surface area (Å²) in [6.45, 7) is 4.70. The van der Waals surface area contributed by atoms with Crippen molar-refractivity contribution >= 4 is 73.6 Å². The molecule has 0 spiro atoms. The number of phenols is 1. The molecule has 11 nitrogen and oxygen atoms in total. The zero-order chi connectivity index (χ0) is 41.5. The van der Waals surface area contributed by atoms with Crippen LogP contribution in [-0.4, -0.2) is 44.0 Å². The predicted molar refractivity (Wildman–Crippen MR) is 235 cm³/mol. The van der Waals surface area contributed by atoms with Gasteiger partial charge < -0.3 is 9.84 Å². The Kier molecular flexibility index (Phi) is 18.0. The summed E-state index contributed by atoms with van der Waals surface area (Å²) in [5, 5.41) is 20.9. The van der Waals surface area contributed by atoms with Crippen LogP contribution in [0.4, 0.5) is 17.1 Å². The Balaban J connectivity index is 1.46. The number of aliphatic imine (C=N–C) groups is 1. The van der Waals surface area contributed by atoms with Crippen molar-refractivity contribution in [2.45, 2.75) is 146 Å². The number of halogens is 3. The number of anilines is 1. The van der Waals surface area contributed by atoms with E-state index in [1.54, 1.807) is 24.3 Å². The number of nitrogens with one attached hydrogen (secondary N) is 2. The number of unbranched alkanes of at least 4 members (excludes halogenated alkanes) is 10. The van der Waals surface area contributed by atoms with Crippen LogP contribution in [0.5, 0.6) is 11.5 Å². The first kappa shape index (κ1) is 45.7. The zero-order valence-corrected chi connectivity index (χ0v) is 36.7. The van der Waals surface area contributed by atoms with Crippen LogP contribution >= 0.6 is 34.8 Å². The molecule has 0 radical (unpaired) electrons. The first-order valence-electron chi connectivity index (χ1n) is 20.9. The van der Waals surface area contributed by atoms with Gasteiger partial charge in [-0.2, -0.15) is 10.2 Å². The van der Waals surface area contributed by atoms with Gasteiger partial charge in [0, 0.05) is 11.1 Å². The highest BCUT2D eigenvalue weighted by Crippen LogP contribution is 2.39. The number of amides is 1. The number of rotatable bonds is 22. The van der Waals surface area contributed by atoms with Crippen molar-refractivity contribution in [3.8, 4) is 11.5 Å². The molecule has 2 fully saturated rings. The number of azo groups is 1. The Bertz CT molecular complexity index is 1980. The number of ether oxygens (including phenoxy) is 1. The number of aromatic hydroxyl groups is 1. The van der Waals surface area contributed by atoms with Crippen molar-refractivity contribution < 1.29 is 23.1 Å². The number of benzene rings is 3. The topological polar surface area (TPSA) is 145 Å². The second-order valence-corrected chi connectivity index (χ2v) is 18.1. The van der Waals surface area contributed by atoms with E-state index >= 15 is 0 Å². The number of carbonyl (C=O) groups excluding carboxylic acids is 1. The molecule has 3 N–H and O–H groups in total. The Morgan fingerprint density at radius 1 is 0.845 bits per heavy atom. The van der Waals surface area contributed by atoms with Gasteiger partial charge in [-0.1, -0.05) is 132 Å². The average Bonchev–Trinajstić information content (AvgIpc) is 3.49. The maximum atomic E-state index is 14.2. The molecule has 5 rings (SSSR count). The van der Waals surface area contributed by atoms with E-state index in [1.165, 1.54) is 69.2 Å². The van der Waals surface area contributed by atoms with E-state index in [-0.39, 0.29) is 49.0 Å². The number of aryl methyl sites for hydroxylation is 1. The molecule has 15 heteroatoms. The minimum Gasteiger partial charge on any atom is -0.508 e. The Hall–Kier alpha value is -3.42. The molecule has 1 atom stereocenters. The second kappa shape index (κ2) is 22.8. The highest BCUT2D eigenvalue weighted by atomic mass is 35.5. The quantitative estimate of drug-likeness (QED) is 0.0677. The third-order valence-corrected chi connectivity index (χ3v) is 12.8. The smallest absolute Gasteiger partial charge is 0.280 e. The molecule has 58 heavy (non-hydrogen) atoms. The molecule has 3 aromatic carbocycles. The summed E-state index contributed by atoms with van der Waals surface area (Å²) < 4.78 is 36.6. The van der Waals surface area contributed by atoms with Crippen molar-refractivity contribution in [3.05, 3.63) is 69.2 Å². The monoisotopic (exact) mass is 874 g/mol. The van der Waals surface area contributed by atoms with Gasteiger partial charge in [-0.15, -0.1) is 0 Å². The standard InChI is InChI=1S/C43H57Cl3N6O5S/c1-3-5-7-8-9-10-11-12-13-17-25-57-39-24-22-34(58(55,56)51-32-19-15-14-16-20-32)29-37(39)47-42-40(49-48-33-21-23-38(53)30(26-33)18-6-4-2)43(54)52(50-42)41-35(45)27-31(44)28-36(41)46/h21-24,26-29,32,40,51,53H,3-20,25H2,1-2H3,(H,47,50). The molecule has 1 saturated heterocycles. The van der Waals surface area contributed by atoms with E-state index in [0.717, 1.165) is 69.2 Å². The fraction of sp³-hybridized carbons (Fsp3) is 0.535. The molecule has 1 unspecified atom stereocenters. The molecule has 1 amide bonds. The van der Waals surface area contributed by atoms with Gasteiger partial charge in [0.15, 0.2) is 5.84 Å². The van der Waals surface area contributed by atoms with Crippen molar-refractivity contribution in [2.75, 3.05) is 11.6 Å². The molecule has 1 aliphatic carbocycles. The van der Waals surface area contributed by atoms with E-state index in [0.29, 0.717) is 30.0 Å². The number of amidine groups is 1. The van der Waals surface area contributed by atoms with Crippen LogP contribution in [0.25, 0.3) is 0 Å². The third kappa shape index (κ3) is 13.0. The number of hydrogen-bond donors (Lipinski definition) is 3.